The summed E-state index contributed by atoms with van der Waals surface area (Å²) in [5, 5.41) is 8.84. The van der Waals surface area contributed by atoms with Gasteiger partial charge in [0.25, 0.3) is 0 Å². The van der Waals surface area contributed by atoms with E-state index < -0.39 is 5.97 Å². The highest BCUT2D eigenvalue weighted by atomic mass is 16.4. The summed E-state index contributed by atoms with van der Waals surface area (Å²) in [6.45, 7) is 2.74. The Morgan fingerprint density at radius 1 is 1.77 bits per heavy atom. The summed E-state index contributed by atoms with van der Waals surface area (Å²) in [4.78, 5) is 14.9. The fourth-order valence-corrected chi connectivity index (χ4v) is 1.83. The lowest BCUT2D eigenvalue weighted by atomic mass is 9.96. The van der Waals surface area contributed by atoms with Gasteiger partial charge in [0.15, 0.2) is 0 Å². The van der Waals surface area contributed by atoms with Crippen molar-refractivity contribution in [1.29, 1.82) is 0 Å². The Bertz CT molecular complexity index is 343. The number of carboxylic acids is 1. The minimum absolute atomic E-state index is 0.219. The standard InChI is InChI=1S/C9H12N2O2/c1-6-10-5-8-4-7(9(12)13)2-3-11(6)8/h5,7H,2-4H2,1H3,(H,12,13). The number of carboxylic acid groups (broad SMARTS) is 1. The third-order valence-electron chi connectivity index (χ3n) is 2.64. The fourth-order valence-electron chi connectivity index (χ4n) is 1.83. The average Bonchev–Trinajstić information content (AvgIpc) is 2.47. The molecule has 0 amide bonds. The summed E-state index contributed by atoms with van der Waals surface area (Å²) in [7, 11) is 0. The minimum Gasteiger partial charge on any atom is -0.481 e. The maximum atomic E-state index is 10.7. The predicted octanol–water partition coefficient (Wildman–Crippen LogP) is 0.839. The van der Waals surface area contributed by atoms with Crippen LogP contribution in [0.3, 0.4) is 0 Å². The molecule has 0 bridgehead atoms. The molecule has 1 aliphatic rings. The number of aromatic nitrogens is 2. The maximum absolute atomic E-state index is 10.7. The molecule has 0 radical (unpaired) electrons. The summed E-state index contributed by atoms with van der Waals surface area (Å²) in [6.07, 6.45) is 3.13. The van der Waals surface area contributed by atoms with Gasteiger partial charge in [-0.2, -0.15) is 0 Å². The Hall–Kier alpha value is -1.32. The van der Waals surface area contributed by atoms with Crippen LogP contribution >= 0.6 is 0 Å². The Balaban J connectivity index is 2.25. The molecular weight excluding hydrogens is 168 g/mol. The number of nitrogens with zero attached hydrogens (tertiary/aromatic N) is 2. The van der Waals surface area contributed by atoms with Crippen molar-refractivity contribution in [2.24, 2.45) is 5.92 Å². The summed E-state index contributed by atoms with van der Waals surface area (Å²) in [5.74, 6) is 0.0764. The van der Waals surface area contributed by atoms with E-state index in [0.29, 0.717) is 6.42 Å². The van der Waals surface area contributed by atoms with Crippen LogP contribution in [0.25, 0.3) is 0 Å². The van der Waals surface area contributed by atoms with Gasteiger partial charge >= 0.3 is 5.97 Å². The smallest absolute Gasteiger partial charge is 0.306 e. The lowest BCUT2D eigenvalue weighted by Crippen LogP contribution is -2.25. The Morgan fingerprint density at radius 3 is 3.23 bits per heavy atom. The van der Waals surface area contributed by atoms with Crippen molar-refractivity contribution in [3.05, 3.63) is 17.7 Å². The SMILES string of the molecule is Cc1ncc2n1CCC(C(=O)O)C2. The first-order valence-electron chi connectivity index (χ1n) is 4.42. The molecule has 1 N–H and O–H groups in total. The van der Waals surface area contributed by atoms with Crippen molar-refractivity contribution in [1.82, 2.24) is 9.55 Å². The number of aliphatic carboxylic acids is 1. The van der Waals surface area contributed by atoms with Crippen LogP contribution < -0.4 is 0 Å². The number of hydrogen-bond acceptors (Lipinski definition) is 2. The second-order valence-corrected chi connectivity index (χ2v) is 3.48. The molecule has 1 atom stereocenters. The quantitative estimate of drug-likeness (QED) is 0.696. The zero-order valence-electron chi connectivity index (χ0n) is 7.53. The molecule has 0 aromatic carbocycles. The molecular formula is C9H12N2O2. The van der Waals surface area contributed by atoms with Gasteiger partial charge in [0.05, 0.1) is 5.92 Å². The van der Waals surface area contributed by atoms with Crippen LogP contribution in [0, 0.1) is 12.8 Å². The van der Waals surface area contributed by atoms with Gasteiger partial charge in [0.1, 0.15) is 5.82 Å². The van der Waals surface area contributed by atoms with E-state index in [1.807, 2.05) is 6.92 Å². The van der Waals surface area contributed by atoms with Crippen LogP contribution in [-0.2, 0) is 17.8 Å². The summed E-state index contributed by atoms with van der Waals surface area (Å²) < 4.78 is 2.10. The predicted molar refractivity (Wildman–Crippen MR) is 46.4 cm³/mol. The molecule has 2 heterocycles. The third kappa shape index (κ3) is 1.32. The van der Waals surface area contributed by atoms with Crippen molar-refractivity contribution >= 4 is 5.97 Å². The zero-order valence-corrected chi connectivity index (χ0v) is 7.53. The first kappa shape index (κ1) is 8.29. The van der Waals surface area contributed by atoms with Crippen LogP contribution in [0.4, 0.5) is 0 Å². The number of carbonyl (C=O) groups is 1. The van der Waals surface area contributed by atoms with E-state index in [0.717, 1.165) is 24.5 Å². The lowest BCUT2D eigenvalue weighted by Gasteiger charge is -2.21. The molecule has 0 saturated carbocycles. The molecule has 1 aliphatic heterocycles. The van der Waals surface area contributed by atoms with E-state index in [9.17, 15) is 4.79 Å². The minimum atomic E-state index is -0.690. The normalized spacial score (nSPS) is 21.2. The van der Waals surface area contributed by atoms with Crippen molar-refractivity contribution in [3.8, 4) is 0 Å². The van der Waals surface area contributed by atoms with Crippen LogP contribution in [0.2, 0.25) is 0 Å². The van der Waals surface area contributed by atoms with Crippen molar-refractivity contribution in [2.75, 3.05) is 0 Å². The second kappa shape index (κ2) is 2.87. The van der Waals surface area contributed by atoms with Crippen LogP contribution in [0.5, 0.6) is 0 Å². The van der Waals surface area contributed by atoms with Gasteiger partial charge in [-0.15, -0.1) is 0 Å². The first-order valence-corrected chi connectivity index (χ1v) is 4.42. The van der Waals surface area contributed by atoms with E-state index in [4.69, 9.17) is 5.11 Å². The van der Waals surface area contributed by atoms with Crippen LogP contribution in [0.1, 0.15) is 17.9 Å². The van der Waals surface area contributed by atoms with Gasteiger partial charge in [0, 0.05) is 24.9 Å². The largest absolute Gasteiger partial charge is 0.481 e. The van der Waals surface area contributed by atoms with E-state index >= 15 is 0 Å². The number of rotatable bonds is 1. The number of hydrogen-bond donors (Lipinski definition) is 1. The van der Waals surface area contributed by atoms with Crippen LogP contribution in [0.15, 0.2) is 6.20 Å². The van der Waals surface area contributed by atoms with Gasteiger partial charge in [-0.25, -0.2) is 4.98 Å². The van der Waals surface area contributed by atoms with Crippen molar-refractivity contribution in [2.45, 2.75) is 26.3 Å². The Morgan fingerprint density at radius 2 is 2.54 bits per heavy atom. The molecule has 0 spiro atoms. The molecule has 2 rings (SSSR count). The van der Waals surface area contributed by atoms with Gasteiger partial charge in [-0.05, 0) is 13.3 Å². The molecule has 1 aromatic rings. The van der Waals surface area contributed by atoms with Gasteiger partial charge in [0.2, 0.25) is 0 Å². The van der Waals surface area contributed by atoms with Crippen molar-refractivity contribution < 1.29 is 9.90 Å². The number of aryl methyl sites for hydroxylation is 1. The second-order valence-electron chi connectivity index (χ2n) is 3.48. The Labute approximate surface area is 76.2 Å². The van der Waals surface area contributed by atoms with Crippen LogP contribution in [-0.4, -0.2) is 20.6 Å². The molecule has 0 aliphatic carbocycles. The summed E-state index contributed by atoms with van der Waals surface area (Å²) in [6, 6.07) is 0. The third-order valence-corrected chi connectivity index (χ3v) is 2.64. The summed E-state index contributed by atoms with van der Waals surface area (Å²) >= 11 is 0. The first-order chi connectivity index (χ1) is 6.18. The molecule has 0 saturated heterocycles. The molecule has 1 aromatic heterocycles. The average molecular weight is 180 g/mol. The van der Waals surface area contributed by atoms with E-state index in [1.54, 1.807) is 6.20 Å². The highest BCUT2D eigenvalue weighted by Crippen LogP contribution is 2.21. The lowest BCUT2D eigenvalue weighted by molar-refractivity contribution is -0.142. The zero-order chi connectivity index (χ0) is 9.42. The molecule has 0 fully saturated rings. The van der Waals surface area contributed by atoms with Gasteiger partial charge in [-0.3, -0.25) is 4.79 Å². The molecule has 13 heavy (non-hydrogen) atoms. The highest BCUT2D eigenvalue weighted by Gasteiger charge is 2.24. The van der Waals surface area contributed by atoms with E-state index in [1.165, 1.54) is 0 Å². The maximum Gasteiger partial charge on any atom is 0.306 e. The summed E-state index contributed by atoms with van der Waals surface area (Å²) in [5.41, 5.74) is 1.05. The van der Waals surface area contributed by atoms with Gasteiger partial charge < -0.3 is 9.67 Å². The Kier molecular flexibility index (Phi) is 1.83. The number of fused-ring (bicyclic) bond motifs is 1. The monoisotopic (exact) mass is 180 g/mol. The van der Waals surface area contributed by atoms with Crippen molar-refractivity contribution in [3.63, 3.8) is 0 Å². The molecule has 70 valence electrons. The highest BCUT2D eigenvalue weighted by molar-refractivity contribution is 5.70. The topological polar surface area (TPSA) is 55.1 Å². The van der Waals surface area contributed by atoms with Gasteiger partial charge in [-0.1, -0.05) is 0 Å². The number of imidazole rings is 1. The van der Waals surface area contributed by atoms with E-state index in [-0.39, 0.29) is 5.92 Å². The molecule has 1 unspecified atom stereocenters. The molecule has 4 heteroatoms. The van der Waals surface area contributed by atoms with E-state index in [2.05, 4.69) is 9.55 Å². The molecule has 4 nitrogen and oxygen atoms in total. The fraction of sp³-hybridized carbons (Fsp3) is 0.556.